The first-order valence-electron chi connectivity index (χ1n) is 6.52. The minimum atomic E-state index is -0.560. The van der Waals surface area contributed by atoms with Gasteiger partial charge in [-0.3, -0.25) is 0 Å². The van der Waals surface area contributed by atoms with Crippen LogP contribution >= 0.6 is 0 Å². The van der Waals surface area contributed by atoms with Crippen LogP contribution in [0, 0.1) is 0 Å². The van der Waals surface area contributed by atoms with E-state index in [1.165, 1.54) is 0 Å². The lowest BCUT2D eigenvalue weighted by molar-refractivity contribution is 0.259. The first kappa shape index (κ1) is 14.1. The Morgan fingerprint density at radius 1 is 1.15 bits per heavy atom. The molecule has 0 aliphatic rings. The summed E-state index contributed by atoms with van der Waals surface area (Å²) in [7, 11) is 0. The molecule has 5 nitrogen and oxygen atoms in total. The van der Waals surface area contributed by atoms with Crippen LogP contribution in [-0.4, -0.2) is 6.03 Å². The molecular weight excluding hydrogens is 254 g/mol. The Balaban J connectivity index is 1.98. The summed E-state index contributed by atoms with van der Waals surface area (Å²) in [6.07, 6.45) is 1.67. The molecule has 1 unspecified atom stereocenters. The molecular formula is C15H19N3O2. The minimum Gasteiger partial charge on any atom is -0.468 e. The van der Waals surface area contributed by atoms with E-state index in [-0.39, 0.29) is 12.1 Å². The minimum absolute atomic E-state index is 0.128. The van der Waals surface area contributed by atoms with E-state index in [2.05, 4.69) is 24.5 Å². The van der Waals surface area contributed by atoms with Gasteiger partial charge in [0.15, 0.2) is 0 Å². The van der Waals surface area contributed by atoms with Crippen LogP contribution in [0.4, 0.5) is 10.5 Å². The van der Waals surface area contributed by atoms with Crippen molar-refractivity contribution in [2.24, 2.45) is 5.73 Å². The summed E-state index contributed by atoms with van der Waals surface area (Å²) in [6.45, 7) is 4.13. The lowest BCUT2D eigenvalue weighted by Crippen LogP contribution is -2.22. The van der Waals surface area contributed by atoms with E-state index < -0.39 is 6.03 Å². The molecule has 0 spiro atoms. The number of amides is 2. The number of benzene rings is 1. The zero-order chi connectivity index (χ0) is 14.5. The van der Waals surface area contributed by atoms with Gasteiger partial charge >= 0.3 is 6.03 Å². The lowest BCUT2D eigenvalue weighted by atomic mass is 10.1. The van der Waals surface area contributed by atoms with Crippen LogP contribution in [0.25, 0.3) is 0 Å². The highest BCUT2D eigenvalue weighted by atomic mass is 16.3. The Morgan fingerprint density at radius 3 is 2.40 bits per heavy atom. The summed E-state index contributed by atoms with van der Waals surface area (Å²) in [5.41, 5.74) is 6.88. The van der Waals surface area contributed by atoms with Crippen LogP contribution in [0.15, 0.2) is 47.1 Å². The third-order valence-electron chi connectivity index (χ3n) is 3.15. The van der Waals surface area contributed by atoms with Gasteiger partial charge in [0.1, 0.15) is 5.76 Å². The Bertz CT molecular complexity index is 549. The van der Waals surface area contributed by atoms with Crippen LogP contribution in [0.2, 0.25) is 0 Å². The van der Waals surface area contributed by atoms with E-state index in [0.29, 0.717) is 5.69 Å². The topological polar surface area (TPSA) is 80.3 Å². The smallest absolute Gasteiger partial charge is 0.316 e. The predicted molar refractivity (Wildman–Crippen MR) is 78.3 cm³/mol. The maximum absolute atomic E-state index is 10.8. The SMILES string of the molecule is CC(N[C@@H](C)c1ccco1)c1ccc(NC(N)=O)cc1. The summed E-state index contributed by atoms with van der Waals surface area (Å²) >= 11 is 0. The third-order valence-corrected chi connectivity index (χ3v) is 3.15. The molecule has 2 atom stereocenters. The molecule has 2 rings (SSSR count). The number of furan rings is 1. The molecule has 0 aliphatic heterocycles. The average molecular weight is 273 g/mol. The number of carbonyl (C=O) groups is 1. The first-order chi connectivity index (χ1) is 9.56. The number of urea groups is 1. The molecule has 0 radical (unpaired) electrons. The van der Waals surface area contributed by atoms with Crippen molar-refractivity contribution in [1.29, 1.82) is 0 Å². The first-order valence-corrected chi connectivity index (χ1v) is 6.52. The van der Waals surface area contributed by atoms with Gasteiger partial charge in [0.25, 0.3) is 0 Å². The molecule has 1 heterocycles. The van der Waals surface area contributed by atoms with Crippen molar-refractivity contribution in [3.05, 3.63) is 54.0 Å². The quantitative estimate of drug-likeness (QED) is 0.782. The second kappa shape index (κ2) is 6.25. The van der Waals surface area contributed by atoms with Crippen molar-refractivity contribution < 1.29 is 9.21 Å². The van der Waals surface area contributed by atoms with E-state index in [1.807, 2.05) is 36.4 Å². The second-order valence-corrected chi connectivity index (χ2v) is 4.74. The van der Waals surface area contributed by atoms with E-state index in [0.717, 1.165) is 11.3 Å². The zero-order valence-corrected chi connectivity index (χ0v) is 11.6. The highest BCUT2D eigenvalue weighted by Gasteiger charge is 2.13. The maximum atomic E-state index is 10.8. The molecule has 4 N–H and O–H groups in total. The molecule has 5 heteroatoms. The van der Waals surface area contributed by atoms with E-state index >= 15 is 0 Å². The van der Waals surface area contributed by atoms with Gasteiger partial charge in [0.05, 0.1) is 12.3 Å². The van der Waals surface area contributed by atoms with Crippen LogP contribution in [0.1, 0.15) is 37.3 Å². The third kappa shape index (κ3) is 3.61. The number of nitrogens with one attached hydrogen (secondary N) is 2. The number of rotatable bonds is 5. The van der Waals surface area contributed by atoms with Crippen molar-refractivity contribution >= 4 is 11.7 Å². The number of hydrogen-bond donors (Lipinski definition) is 3. The van der Waals surface area contributed by atoms with Gasteiger partial charge < -0.3 is 20.8 Å². The Kier molecular flexibility index (Phi) is 4.42. The Hall–Kier alpha value is -2.27. The van der Waals surface area contributed by atoms with Crippen LogP contribution in [0.5, 0.6) is 0 Å². The Labute approximate surface area is 118 Å². The van der Waals surface area contributed by atoms with Crippen molar-refractivity contribution in [1.82, 2.24) is 5.32 Å². The van der Waals surface area contributed by atoms with Crippen LogP contribution in [-0.2, 0) is 0 Å². The molecule has 0 saturated carbocycles. The van der Waals surface area contributed by atoms with E-state index in [1.54, 1.807) is 6.26 Å². The highest BCUT2D eigenvalue weighted by Crippen LogP contribution is 2.21. The second-order valence-electron chi connectivity index (χ2n) is 4.74. The highest BCUT2D eigenvalue weighted by molar-refractivity contribution is 5.87. The molecule has 1 aromatic carbocycles. The fraction of sp³-hybridized carbons (Fsp3) is 0.267. The molecule has 0 fully saturated rings. The molecule has 0 bridgehead atoms. The van der Waals surface area contributed by atoms with Gasteiger partial charge in [-0.25, -0.2) is 4.79 Å². The number of primary amides is 1. The van der Waals surface area contributed by atoms with Gasteiger partial charge in [0, 0.05) is 11.7 Å². The number of anilines is 1. The van der Waals surface area contributed by atoms with Gasteiger partial charge in [0.2, 0.25) is 0 Å². The Morgan fingerprint density at radius 2 is 1.85 bits per heavy atom. The van der Waals surface area contributed by atoms with Crippen molar-refractivity contribution in [3.8, 4) is 0 Å². The normalized spacial score (nSPS) is 13.7. The zero-order valence-electron chi connectivity index (χ0n) is 11.6. The number of hydrogen-bond acceptors (Lipinski definition) is 3. The molecule has 20 heavy (non-hydrogen) atoms. The summed E-state index contributed by atoms with van der Waals surface area (Å²) in [5, 5.41) is 5.99. The van der Waals surface area contributed by atoms with Crippen LogP contribution < -0.4 is 16.4 Å². The molecule has 0 saturated heterocycles. The molecule has 0 aliphatic carbocycles. The average Bonchev–Trinajstić information content (AvgIpc) is 2.92. The van der Waals surface area contributed by atoms with Crippen molar-refractivity contribution in [3.63, 3.8) is 0 Å². The molecule has 1 aromatic heterocycles. The predicted octanol–water partition coefficient (Wildman–Crippen LogP) is 3.18. The number of carbonyl (C=O) groups excluding carboxylic acids is 1. The molecule has 2 aromatic rings. The van der Waals surface area contributed by atoms with Crippen molar-refractivity contribution in [2.45, 2.75) is 25.9 Å². The standard InChI is InChI=1S/C15H19N3O2/c1-10(17-11(2)14-4-3-9-20-14)12-5-7-13(8-6-12)18-15(16)19/h3-11,17H,1-2H3,(H3,16,18,19)/t10?,11-/m0/s1. The molecule has 106 valence electrons. The fourth-order valence-electron chi connectivity index (χ4n) is 2.09. The summed E-state index contributed by atoms with van der Waals surface area (Å²) < 4.78 is 5.37. The lowest BCUT2D eigenvalue weighted by Gasteiger charge is -2.19. The van der Waals surface area contributed by atoms with Crippen molar-refractivity contribution in [2.75, 3.05) is 5.32 Å². The van der Waals surface area contributed by atoms with Gasteiger partial charge in [-0.1, -0.05) is 12.1 Å². The fourth-order valence-corrected chi connectivity index (χ4v) is 2.09. The van der Waals surface area contributed by atoms with E-state index in [4.69, 9.17) is 10.2 Å². The monoisotopic (exact) mass is 273 g/mol. The van der Waals surface area contributed by atoms with Crippen LogP contribution in [0.3, 0.4) is 0 Å². The van der Waals surface area contributed by atoms with Gasteiger partial charge in [-0.2, -0.15) is 0 Å². The van der Waals surface area contributed by atoms with E-state index in [9.17, 15) is 4.79 Å². The van der Waals surface area contributed by atoms with Gasteiger partial charge in [-0.05, 0) is 43.7 Å². The molecule has 2 amide bonds. The van der Waals surface area contributed by atoms with Gasteiger partial charge in [-0.15, -0.1) is 0 Å². The maximum Gasteiger partial charge on any atom is 0.316 e. The summed E-state index contributed by atoms with van der Waals surface area (Å²) in [4.78, 5) is 10.8. The number of nitrogens with two attached hydrogens (primary N) is 1. The summed E-state index contributed by atoms with van der Waals surface area (Å²) in [6, 6.07) is 11.1. The summed E-state index contributed by atoms with van der Waals surface area (Å²) in [5.74, 6) is 0.906. The largest absolute Gasteiger partial charge is 0.468 e.